The molecular weight excluding hydrogens is 382 g/mol. The van der Waals surface area contributed by atoms with Crippen LogP contribution in [-0.2, 0) is 16.0 Å². The summed E-state index contributed by atoms with van der Waals surface area (Å²) in [5.41, 5.74) is 6.93. The Morgan fingerprint density at radius 1 is 1.10 bits per heavy atom. The van der Waals surface area contributed by atoms with E-state index >= 15 is 0 Å². The predicted octanol–water partition coefficient (Wildman–Crippen LogP) is 0.423. The molecule has 0 radical (unpaired) electrons. The van der Waals surface area contributed by atoms with Crippen LogP contribution in [0, 0.1) is 12.3 Å². The van der Waals surface area contributed by atoms with Gasteiger partial charge in [0.2, 0.25) is 11.8 Å². The van der Waals surface area contributed by atoms with Crippen LogP contribution in [0.15, 0.2) is 30.3 Å². The van der Waals surface area contributed by atoms with E-state index in [4.69, 9.17) is 12.2 Å². The molecule has 0 aliphatic carbocycles. The molecule has 0 aromatic heterocycles. The SMILES string of the molecule is C#C[C@H]1NC(=O)N[C@H]1CCCCCC(=O)NCCNC(=O)[C@@H](N)Cc1ccccc1. The van der Waals surface area contributed by atoms with E-state index in [1.807, 2.05) is 30.3 Å². The first-order valence-corrected chi connectivity index (χ1v) is 10.4. The number of carbonyl (C=O) groups is 3. The van der Waals surface area contributed by atoms with Crippen molar-refractivity contribution in [2.75, 3.05) is 13.1 Å². The van der Waals surface area contributed by atoms with Crippen LogP contribution in [-0.4, -0.2) is 49.1 Å². The maximum absolute atomic E-state index is 12.0. The van der Waals surface area contributed by atoms with Crippen LogP contribution in [0.3, 0.4) is 0 Å². The number of urea groups is 1. The van der Waals surface area contributed by atoms with Crippen LogP contribution in [0.2, 0.25) is 0 Å². The Morgan fingerprint density at radius 3 is 2.57 bits per heavy atom. The topological polar surface area (TPSA) is 125 Å². The fourth-order valence-electron chi connectivity index (χ4n) is 3.33. The van der Waals surface area contributed by atoms with Gasteiger partial charge in [-0.05, 0) is 24.8 Å². The van der Waals surface area contributed by atoms with E-state index in [9.17, 15) is 14.4 Å². The predicted molar refractivity (Wildman–Crippen MR) is 115 cm³/mol. The minimum absolute atomic E-state index is 0.0461. The first kappa shape index (κ1) is 23.2. The van der Waals surface area contributed by atoms with Crippen molar-refractivity contribution in [2.24, 2.45) is 5.73 Å². The largest absolute Gasteiger partial charge is 0.354 e. The fraction of sp³-hybridized carbons (Fsp3) is 0.500. The molecule has 1 fully saturated rings. The Bertz CT molecular complexity index is 747. The van der Waals surface area contributed by atoms with Crippen molar-refractivity contribution in [3.05, 3.63) is 35.9 Å². The molecule has 6 N–H and O–H groups in total. The number of carbonyl (C=O) groups excluding carboxylic acids is 3. The Labute approximate surface area is 177 Å². The standard InChI is InChI=1S/C22H31N5O3/c1-2-18-19(27-22(30)26-18)11-7-4-8-12-20(28)24-13-14-25-21(29)17(23)15-16-9-5-3-6-10-16/h1,3,5-6,9-10,17-19H,4,7-8,11-15,23H2,(H,24,28)(H,25,29)(H2,26,27,30)/t17-,18+,19-/m0/s1. The van der Waals surface area contributed by atoms with Gasteiger partial charge in [0.1, 0.15) is 6.04 Å². The molecule has 1 aromatic rings. The fourth-order valence-corrected chi connectivity index (χ4v) is 3.33. The Kier molecular flexibility index (Phi) is 9.68. The molecule has 8 heteroatoms. The van der Waals surface area contributed by atoms with Crippen molar-refractivity contribution in [3.63, 3.8) is 0 Å². The van der Waals surface area contributed by atoms with Gasteiger partial charge in [0.25, 0.3) is 0 Å². The number of nitrogens with one attached hydrogen (secondary N) is 4. The Balaban J connectivity index is 1.48. The third kappa shape index (κ3) is 8.13. The second kappa shape index (κ2) is 12.5. The summed E-state index contributed by atoms with van der Waals surface area (Å²) in [6.07, 6.45) is 9.59. The van der Waals surface area contributed by atoms with Crippen molar-refractivity contribution in [2.45, 2.75) is 56.7 Å². The highest BCUT2D eigenvalue weighted by Gasteiger charge is 2.29. The molecule has 1 saturated heterocycles. The molecule has 0 unspecified atom stereocenters. The van der Waals surface area contributed by atoms with Crippen LogP contribution in [0.4, 0.5) is 4.79 Å². The second-order valence-electron chi connectivity index (χ2n) is 7.41. The molecule has 1 aromatic carbocycles. The van der Waals surface area contributed by atoms with Gasteiger partial charge in [-0.25, -0.2) is 4.79 Å². The second-order valence-corrected chi connectivity index (χ2v) is 7.41. The minimum Gasteiger partial charge on any atom is -0.354 e. The molecule has 1 aliphatic heterocycles. The number of hydrogen-bond acceptors (Lipinski definition) is 4. The van der Waals surface area contributed by atoms with Crippen molar-refractivity contribution in [3.8, 4) is 12.3 Å². The van der Waals surface area contributed by atoms with Gasteiger partial charge < -0.3 is 27.0 Å². The van der Waals surface area contributed by atoms with Crippen molar-refractivity contribution in [1.82, 2.24) is 21.3 Å². The third-order valence-electron chi connectivity index (χ3n) is 4.99. The molecule has 30 heavy (non-hydrogen) atoms. The van der Waals surface area contributed by atoms with Crippen LogP contribution in [0.25, 0.3) is 0 Å². The van der Waals surface area contributed by atoms with Gasteiger partial charge in [-0.1, -0.05) is 49.1 Å². The van der Waals surface area contributed by atoms with Gasteiger partial charge in [-0.3, -0.25) is 9.59 Å². The van der Waals surface area contributed by atoms with Crippen LogP contribution in [0.1, 0.15) is 37.7 Å². The average Bonchev–Trinajstić information content (AvgIpc) is 3.11. The van der Waals surface area contributed by atoms with E-state index in [-0.39, 0.29) is 29.9 Å². The van der Waals surface area contributed by atoms with Gasteiger partial charge in [0.05, 0.1) is 12.1 Å². The molecule has 3 atom stereocenters. The molecule has 4 amide bonds. The quantitative estimate of drug-likeness (QED) is 0.252. The first-order chi connectivity index (χ1) is 14.5. The minimum atomic E-state index is -0.614. The van der Waals surface area contributed by atoms with Crippen molar-refractivity contribution >= 4 is 17.8 Å². The lowest BCUT2D eigenvalue weighted by Crippen LogP contribution is -2.44. The number of hydrogen-bond donors (Lipinski definition) is 5. The molecule has 1 aliphatic rings. The highest BCUT2D eigenvalue weighted by atomic mass is 16.2. The molecule has 0 bridgehead atoms. The van der Waals surface area contributed by atoms with E-state index in [2.05, 4.69) is 27.2 Å². The molecule has 2 rings (SSSR count). The van der Waals surface area contributed by atoms with E-state index in [1.54, 1.807) is 0 Å². The maximum Gasteiger partial charge on any atom is 0.316 e. The molecule has 162 valence electrons. The monoisotopic (exact) mass is 413 g/mol. The van der Waals surface area contributed by atoms with Gasteiger partial charge in [0.15, 0.2) is 0 Å². The summed E-state index contributed by atoms with van der Waals surface area (Å²) in [6, 6.07) is 8.44. The molecule has 1 heterocycles. The number of unbranched alkanes of at least 4 members (excludes halogenated alkanes) is 2. The van der Waals surface area contributed by atoms with E-state index in [0.717, 1.165) is 31.2 Å². The number of rotatable bonds is 12. The lowest BCUT2D eigenvalue weighted by atomic mass is 10.0. The lowest BCUT2D eigenvalue weighted by molar-refractivity contribution is -0.123. The van der Waals surface area contributed by atoms with Gasteiger partial charge in [0, 0.05) is 19.5 Å². The number of terminal acetylenes is 1. The third-order valence-corrected chi connectivity index (χ3v) is 4.99. The summed E-state index contributed by atoms with van der Waals surface area (Å²) in [6.45, 7) is 0.709. The summed E-state index contributed by atoms with van der Waals surface area (Å²) in [5.74, 6) is 2.29. The molecule has 0 saturated carbocycles. The van der Waals surface area contributed by atoms with E-state index in [0.29, 0.717) is 25.9 Å². The maximum atomic E-state index is 12.0. The Morgan fingerprint density at radius 2 is 1.83 bits per heavy atom. The zero-order valence-corrected chi connectivity index (χ0v) is 17.2. The summed E-state index contributed by atoms with van der Waals surface area (Å²) >= 11 is 0. The molecule has 0 spiro atoms. The number of amides is 4. The van der Waals surface area contributed by atoms with E-state index < -0.39 is 6.04 Å². The van der Waals surface area contributed by atoms with Gasteiger partial charge in [-0.15, -0.1) is 6.42 Å². The lowest BCUT2D eigenvalue weighted by Gasteiger charge is -2.13. The first-order valence-electron chi connectivity index (χ1n) is 10.4. The highest BCUT2D eigenvalue weighted by Crippen LogP contribution is 2.11. The normalized spacial score (nSPS) is 18.6. The van der Waals surface area contributed by atoms with Crippen LogP contribution < -0.4 is 27.0 Å². The summed E-state index contributed by atoms with van der Waals surface area (Å²) in [5, 5.41) is 11.0. The summed E-state index contributed by atoms with van der Waals surface area (Å²) < 4.78 is 0. The summed E-state index contributed by atoms with van der Waals surface area (Å²) in [4.78, 5) is 35.2. The van der Waals surface area contributed by atoms with E-state index in [1.165, 1.54) is 0 Å². The van der Waals surface area contributed by atoms with Gasteiger partial charge in [-0.2, -0.15) is 0 Å². The van der Waals surface area contributed by atoms with Gasteiger partial charge >= 0.3 is 6.03 Å². The van der Waals surface area contributed by atoms with Crippen molar-refractivity contribution in [1.29, 1.82) is 0 Å². The van der Waals surface area contributed by atoms with Crippen LogP contribution in [0.5, 0.6) is 0 Å². The zero-order chi connectivity index (χ0) is 21.8. The zero-order valence-electron chi connectivity index (χ0n) is 17.2. The smallest absolute Gasteiger partial charge is 0.316 e. The Hall–Kier alpha value is -3.05. The average molecular weight is 414 g/mol. The van der Waals surface area contributed by atoms with Crippen molar-refractivity contribution < 1.29 is 14.4 Å². The van der Waals surface area contributed by atoms with Crippen LogP contribution >= 0.6 is 0 Å². The molecular formula is C22H31N5O3. The highest BCUT2D eigenvalue weighted by molar-refractivity contribution is 5.82. The molecule has 8 nitrogen and oxygen atoms in total. The number of benzene rings is 1. The summed E-state index contributed by atoms with van der Waals surface area (Å²) in [7, 11) is 0. The number of nitrogens with two attached hydrogens (primary N) is 1.